The molecule has 0 aliphatic carbocycles. The third kappa shape index (κ3) is 2.65. The van der Waals surface area contributed by atoms with Crippen LogP contribution in [0.3, 0.4) is 0 Å². The highest BCUT2D eigenvalue weighted by Gasteiger charge is 2.42. The average molecular weight is 263 g/mol. The predicted molar refractivity (Wildman–Crippen MR) is 72.8 cm³/mol. The van der Waals surface area contributed by atoms with Crippen LogP contribution < -0.4 is 5.73 Å². The molecule has 1 aliphatic rings. The van der Waals surface area contributed by atoms with Crippen molar-refractivity contribution in [2.24, 2.45) is 5.73 Å². The molecule has 1 aromatic rings. The van der Waals surface area contributed by atoms with Gasteiger partial charge in [-0.2, -0.15) is 0 Å². The summed E-state index contributed by atoms with van der Waals surface area (Å²) in [6.45, 7) is 3.12. The number of nitrogens with two attached hydrogens (primary N) is 1. The molecule has 0 spiro atoms. The highest BCUT2D eigenvalue weighted by molar-refractivity contribution is 5.83. The van der Waals surface area contributed by atoms with E-state index < -0.39 is 5.41 Å². The molecular formula is C15H21NO3. The van der Waals surface area contributed by atoms with Crippen molar-refractivity contribution in [3.63, 3.8) is 0 Å². The summed E-state index contributed by atoms with van der Waals surface area (Å²) in [6.07, 6.45) is 1.33. The number of carbonyl (C=O) groups excluding carboxylic acids is 1. The number of esters is 1. The molecule has 1 aliphatic heterocycles. The van der Waals surface area contributed by atoms with E-state index in [0.717, 1.165) is 11.1 Å². The third-order valence-corrected chi connectivity index (χ3v) is 3.91. The summed E-state index contributed by atoms with van der Waals surface area (Å²) in [6, 6.07) is 7.94. The van der Waals surface area contributed by atoms with Crippen molar-refractivity contribution in [3.8, 4) is 0 Å². The Bertz CT molecular complexity index is 433. The lowest BCUT2D eigenvalue weighted by Crippen LogP contribution is -2.42. The molecule has 2 N–H and O–H groups in total. The molecule has 0 aromatic heterocycles. The largest absolute Gasteiger partial charge is 0.468 e. The van der Waals surface area contributed by atoms with Crippen molar-refractivity contribution < 1.29 is 14.3 Å². The van der Waals surface area contributed by atoms with Gasteiger partial charge in [-0.3, -0.25) is 4.79 Å². The minimum Gasteiger partial charge on any atom is -0.468 e. The maximum absolute atomic E-state index is 12.2. The molecule has 0 unspecified atom stereocenters. The molecule has 2 rings (SSSR count). The minimum atomic E-state index is -0.566. The van der Waals surface area contributed by atoms with Gasteiger partial charge < -0.3 is 15.2 Å². The number of carbonyl (C=O) groups is 1. The molecule has 1 heterocycles. The fourth-order valence-electron chi connectivity index (χ4n) is 2.63. The van der Waals surface area contributed by atoms with Crippen molar-refractivity contribution in [1.29, 1.82) is 0 Å². The van der Waals surface area contributed by atoms with Gasteiger partial charge in [0, 0.05) is 19.3 Å². The van der Waals surface area contributed by atoms with Crippen LogP contribution in [0.2, 0.25) is 0 Å². The van der Waals surface area contributed by atoms with Crippen molar-refractivity contribution in [1.82, 2.24) is 0 Å². The number of ether oxygens (including phenoxy) is 2. The molecule has 104 valence electrons. The zero-order valence-corrected chi connectivity index (χ0v) is 11.5. The van der Waals surface area contributed by atoms with E-state index >= 15 is 0 Å². The summed E-state index contributed by atoms with van der Waals surface area (Å²) in [5, 5.41) is 0. The van der Waals surface area contributed by atoms with Crippen LogP contribution in [0.5, 0.6) is 0 Å². The van der Waals surface area contributed by atoms with E-state index in [0.29, 0.717) is 26.1 Å². The Hall–Kier alpha value is -1.39. The van der Waals surface area contributed by atoms with E-state index in [2.05, 4.69) is 0 Å². The summed E-state index contributed by atoms with van der Waals surface area (Å²) >= 11 is 0. The Morgan fingerprint density at radius 2 is 1.89 bits per heavy atom. The van der Waals surface area contributed by atoms with Gasteiger partial charge in [0.1, 0.15) is 0 Å². The quantitative estimate of drug-likeness (QED) is 0.846. The number of hydrogen-bond donors (Lipinski definition) is 1. The predicted octanol–water partition coefficient (Wildman–Crippen LogP) is 1.93. The summed E-state index contributed by atoms with van der Waals surface area (Å²) in [4.78, 5) is 12.2. The highest BCUT2D eigenvalue weighted by atomic mass is 16.5. The molecule has 4 nitrogen and oxygen atoms in total. The lowest BCUT2D eigenvalue weighted by atomic mass is 9.74. The minimum absolute atomic E-state index is 0.00202. The first-order chi connectivity index (χ1) is 9.10. The van der Waals surface area contributed by atoms with Crippen LogP contribution in [0.1, 0.15) is 36.9 Å². The average Bonchev–Trinajstić information content (AvgIpc) is 2.47. The first-order valence-electron chi connectivity index (χ1n) is 6.62. The second-order valence-electron chi connectivity index (χ2n) is 5.10. The molecule has 1 fully saturated rings. The zero-order chi connectivity index (χ0) is 13.9. The van der Waals surface area contributed by atoms with Crippen LogP contribution >= 0.6 is 0 Å². The molecule has 1 aromatic carbocycles. The van der Waals surface area contributed by atoms with Crippen molar-refractivity contribution in [2.75, 3.05) is 20.3 Å². The smallest absolute Gasteiger partial charge is 0.316 e. The van der Waals surface area contributed by atoms with E-state index in [1.165, 1.54) is 7.11 Å². The van der Waals surface area contributed by atoms with Crippen molar-refractivity contribution in [3.05, 3.63) is 35.4 Å². The summed E-state index contributed by atoms with van der Waals surface area (Å²) in [5.74, 6) is -0.177. The van der Waals surface area contributed by atoms with E-state index in [9.17, 15) is 4.79 Å². The van der Waals surface area contributed by atoms with Gasteiger partial charge in [0.05, 0.1) is 12.5 Å². The van der Waals surface area contributed by atoms with Crippen LogP contribution in [0.25, 0.3) is 0 Å². The number of benzene rings is 1. The van der Waals surface area contributed by atoms with Crippen molar-refractivity contribution >= 4 is 5.97 Å². The highest BCUT2D eigenvalue weighted by Crippen LogP contribution is 2.36. The third-order valence-electron chi connectivity index (χ3n) is 3.91. The Balaban J connectivity index is 2.35. The van der Waals surface area contributed by atoms with Crippen LogP contribution in [-0.4, -0.2) is 26.3 Å². The number of hydrogen-bond acceptors (Lipinski definition) is 4. The van der Waals surface area contributed by atoms with Gasteiger partial charge >= 0.3 is 5.97 Å². The first-order valence-corrected chi connectivity index (χ1v) is 6.62. The van der Waals surface area contributed by atoms with E-state index in [1.54, 1.807) is 0 Å². The van der Waals surface area contributed by atoms with Crippen LogP contribution in [0.4, 0.5) is 0 Å². The first kappa shape index (κ1) is 14.0. The Morgan fingerprint density at radius 1 is 1.32 bits per heavy atom. The molecule has 0 saturated carbocycles. The lowest BCUT2D eigenvalue weighted by molar-refractivity contribution is -0.151. The zero-order valence-electron chi connectivity index (χ0n) is 11.5. The van der Waals surface area contributed by atoms with Crippen LogP contribution in [0, 0.1) is 0 Å². The van der Waals surface area contributed by atoms with Gasteiger partial charge in [0.15, 0.2) is 0 Å². The molecule has 1 saturated heterocycles. The normalized spacial score (nSPS) is 19.7. The van der Waals surface area contributed by atoms with E-state index in [1.807, 2.05) is 31.2 Å². The van der Waals surface area contributed by atoms with Gasteiger partial charge in [-0.05, 0) is 30.9 Å². The Morgan fingerprint density at radius 3 is 2.37 bits per heavy atom. The Labute approximate surface area is 113 Å². The van der Waals surface area contributed by atoms with Gasteiger partial charge in [-0.1, -0.05) is 24.3 Å². The second kappa shape index (κ2) is 5.72. The molecule has 19 heavy (non-hydrogen) atoms. The number of methoxy groups -OCH3 is 1. The van der Waals surface area contributed by atoms with Crippen LogP contribution in [0.15, 0.2) is 24.3 Å². The molecular weight excluding hydrogens is 242 g/mol. The maximum atomic E-state index is 12.2. The van der Waals surface area contributed by atoms with E-state index in [-0.39, 0.29) is 12.0 Å². The SMILES string of the molecule is COC(=O)C1(c2ccc([C@@H](C)N)cc2)CCOCC1. The fraction of sp³-hybridized carbons (Fsp3) is 0.533. The monoisotopic (exact) mass is 263 g/mol. The summed E-state index contributed by atoms with van der Waals surface area (Å²) in [7, 11) is 1.44. The van der Waals surface area contributed by atoms with Gasteiger partial charge in [0.2, 0.25) is 0 Å². The molecule has 0 bridgehead atoms. The topological polar surface area (TPSA) is 61.5 Å². The van der Waals surface area contributed by atoms with Gasteiger partial charge in [0.25, 0.3) is 0 Å². The van der Waals surface area contributed by atoms with Crippen molar-refractivity contribution in [2.45, 2.75) is 31.2 Å². The summed E-state index contributed by atoms with van der Waals surface area (Å²) < 4.78 is 10.4. The standard InChI is InChI=1S/C15H21NO3/c1-11(16)12-3-5-13(6-4-12)15(14(17)18-2)7-9-19-10-8-15/h3-6,11H,7-10,16H2,1-2H3/t11-/m1/s1. The fourth-order valence-corrected chi connectivity index (χ4v) is 2.63. The summed E-state index contributed by atoms with van der Waals surface area (Å²) in [5.41, 5.74) is 7.34. The van der Waals surface area contributed by atoms with Crippen LogP contribution in [-0.2, 0) is 19.7 Å². The maximum Gasteiger partial charge on any atom is 0.316 e. The molecule has 1 atom stereocenters. The Kier molecular flexibility index (Phi) is 4.22. The van der Waals surface area contributed by atoms with Gasteiger partial charge in [-0.25, -0.2) is 0 Å². The van der Waals surface area contributed by atoms with E-state index in [4.69, 9.17) is 15.2 Å². The lowest BCUT2D eigenvalue weighted by Gasteiger charge is -2.35. The van der Waals surface area contributed by atoms with Gasteiger partial charge in [-0.15, -0.1) is 0 Å². The number of rotatable bonds is 3. The second-order valence-corrected chi connectivity index (χ2v) is 5.10. The molecule has 0 amide bonds. The molecule has 0 radical (unpaired) electrons. The molecule has 4 heteroatoms.